The summed E-state index contributed by atoms with van der Waals surface area (Å²) in [6.45, 7) is 0.350. The zero-order valence-corrected chi connectivity index (χ0v) is 10.4. The molecule has 0 saturated heterocycles. The van der Waals surface area contributed by atoms with Gasteiger partial charge in [0.1, 0.15) is 6.61 Å². The van der Waals surface area contributed by atoms with Crippen LogP contribution in [0, 0.1) is 0 Å². The Bertz CT molecular complexity index is 609. The Hall–Kier alpha value is -1.80. The van der Waals surface area contributed by atoms with Crippen LogP contribution in [0.15, 0.2) is 47.7 Å². The molecule has 3 rings (SSSR count). The lowest BCUT2D eigenvalue weighted by molar-refractivity contribution is -0.115. The van der Waals surface area contributed by atoms with Gasteiger partial charge in [-0.25, -0.2) is 0 Å². The summed E-state index contributed by atoms with van der Waals surface area (Å²) in [6, 6.07) is 7.98. The molecular formula is C15H11ClO2. The zero-order chi connectivity index (χ0) is 12.5. The normalized spacial score (nSPS) is 16.5. The maximum atomic E-state index is 12.2. The van der Waals surface area contributed by atoms with Gasteiger partial charge in [-0.2, -0.15) is 0 Å². The lowest BCUT2D eigenvalue weighted by atomic mass is 9.95. The van der Waals surface area contributed by atoms with Crippen LogP contribution < -0.4 is 0 Å². The van der Waals surface area contributed by atoms with Crippen LogP contribution in [0.4, 0.5) is 0 Å². The van der Waals surface area contributed by atoms with Gasteiger partial charge in [0, 0.05) is 5.57 Å². The maximum Gasteiger partial charge on any atom is 0.228 e. The molecule has 0 fully saturated rings. The minimum atomic E-state index is -0.0613. The Balaban J connectivity index is 1.99. The van der Waals surface area contributed by atoms with Crippen LogP contribution >= 0.6 is 11.6 Å². The minimum absolute atomic E-state index is 0.0613. The van der Waals surface area contributed by atoms with E-state index < -0.39 is 0 Å². The molecule has 0 amide bonds. The van der Waals surface area contributed by atoms with Crippen LogP contribution in [-0.2, 0) is 9.53 Å². The summed E-state index contributed by atoms with van der Waals surface area (Å²) in [4.78, 5) is 12.2. The number of allylic oxidation sites excluding steroid dienone is 4. The predicted molar refractivity (Wildman–Crippen MR) is 72.2 cm³/mol. The molecule has 0 saturated carbocycles. The van der Waals surface area contributed by atoms with Gasteiger partial charge < -0.3 is 4.74 Å². The molecule has 0 spiro atoms. The number of hydrogen-bond acceptors (Lipinski definition) is 2. The quantitative estimate of drug-likeness (QED) is 0.779. The Labute approximate surface area is 110 Å². The maximum absolute atomic E-state index is 12.2. The molecule has 1 aromatic carbocycles. The van der Waals surface area contributed by atoms with Crippen LogP contribution in [0.3, 0.4) is 0 Å². The number of alkyl halides is 1. The Morgan fingerprint density at radius 3 is 2.78 bits per heavy atom. The largest absolute Gasteiger partial charge is 0.488 e. The van der Waals surface area contributed by atoms with Crippen LogP contribution in [-0.4, -0.2) is 18.3 Å². The lowest BCUT2D eigenvalue weighted by Crippen LogP contribution is -2.13. The molecule has 0 unspecified atom stereocenters. The molecule has 18 heavy (non-hydrogen) atoms. The van der Waals surface area contributed by atoms with Crippen molar-refractivity contribution in [3.05, 3.63) is 58.9 Å². The highest BCUT2D eigenvalue weighted by atomic mass is 35.5. The van der Waals surface area contributed by atoms with Crippen LogP contribution in [0.2, 0.25) is 0 Å². The fraction of sp³-hybridized carbons (Fsp3) is 0.133. The molecule has 1 aromatic rings. The first-order valence-corrected chi connectivity index (χ1v) is 6.31. The summed E-state index contributed by atoms with van der Waals surface area (Å²) in [6.07, 6.45) is 5.58. The number of halogens is 1. The molecule has 90 valence electrons. The molecule has 3 heteroatoms. The number of ketones is 1. The minimum Gasteiger partial charge on any atom is -0.488 e. The molecular weight excluding hydrogens is 248 g/mol. The van der Waals surface area contributed by atoms with E-state index in [1.165, 1.54) is 0 Å². The number of benzene rings is 1. The van der Waals surface area contributed by atoms with Crippen LogP contribution in [0.1, 0.15) is 11.1 Å². The topological polar surface area (TPSA) is 26.3 Å². The number of carbonyl (C=O) groups excluding carboxylic acids is 1. The van der Waals surface area contributed by atoms with Crippen molar-refractivity contribution in [1.29, 1.82) is 0 Å². The van der Waals surface area contributed by atoms with Gasteiger partial charge in [0.2, 0.25) is 5.78 Å². The summed E-state index contributed by atoms with van der Waals surface area (Å²) < 4.78 is 5.35. The van der Waals surface area contributed by atoms with E-state index in [0.717, 1.165) is 16.7 Å². The van der Waals surface area contributed by atoms with Gasteiger partial charge in [0.15, 0.2) is 5.76 Å². The standard InChI is InChI=1S/C15H11ClO2/c16-7-8-18-14-6-5-12-11-4-2-1-3-10(11)9-13(12)15(14)17/h1-6,9H,7-8H2. The van der Waals surface area contributed by atoms with E-state index in [4.69, 9.17) is 16.3 Å². The highest BCUT2D eigenvalue weighted by molar-refractivity contribution is 6.25. The average molecular weight is 259 g/mol. The number of fused-ring (bicyclic) bond motifs is 3. The average Bonchev–Trinajstić information content (AvgIpc) is 2.78. The van der Waals surface area contributed by atoms with Crippen LogP contribution in [0.5, 0.6) is 0 Å². The summed E-state index contributed by atoms with van der Waals surface area (Å²) in [7, 11) is 0. The van der Waals surface area contributed by atoms with Gasteiger partial charge in [0.25, 0.3) is 0 Å². The van der Waals surface area contributed by atoms with Gasteiger partial charge in [-0.3, -0.25) is 4.79 Å². The molecule has 0 bridgehead atoms. The molecule has 0 heterocycles. The second-order valence-electron chi connectivity index (χ2n) is 4.12. The molecule has 2 nitrogen and oxygen atoms in total. The smallest absolute Gasteiger partial charge is 0.228 e. The van der Waals surface area contributed by atoms with Gasteiger partial charge in [-0.1, -0.05) is 24.3 Å². The van der Waals surface area contributed by atoms with Crippen molar-refractivity contribution >= 4 is 29.0 Å². The Morgan fingerprint density at radius 1 is 1.11 bits per heavy atom. The molecule has 0 aliphatic heterocycles. The van der Waals surface area contributed by atoms with E-state index in [2.05, 4.69) is 0 Å². The van der Waals surface area contributed by atoms with E-state index >= 15 is 0 Å². The Morgan fingerprint density at radius 2 is 1.94 bits per heavy atom. The number of ether oxygens (including phenoxy) is 1. The van der Waals surface area contributed by atoms with Crippen molar-refractivity contribution < 1.29 is 9.53 Å². The third kappa shape index (κ3) is 1.70. The highest BCUT2D eigenvalue weighted by Gasteiger charge is 2.28. The van der Waals surface area contributed by atoms with E-state index in [1.807, 2.05) is 36.4 Å². The van der Waals surface area contributed by atoms with Crippen molar-refractivity contribution in [2.75, 3.05) is 12.5 Å². The van der Waals surface area contributed by atoms with Crippen LogP contribution in [0.25, 0.3) is 11.6 Å². The van der Waals surface area contributed by atoms with Crippen molar-refractivity contribution in [3.8, 4) is 0 Å². The molecule has 0 radical (unpaired) electrons. The van der Waals surface area contributed by atoms with Crippen molar-refractivity contribution in [2.24, 2.45) is 0 Å². The monoisotopic (exact) mass is 258 g/mol. The molecule has 2 aliphatic carbocycles. The number of hydrogen-bond donors (Lipinski definition) is 0. The molecule has 0 atom stereocenters. The fourth-order valence-corrected chi connectivity index (χ4v) is 2.32. The molecule has 0 aromatic heterocycles. The first-order valence-electron chi connectivity index (χ1n) is 5.78. The summed E-state index contributed by atoms with van der Waals surface area (Å²) in [5, 5.41) is 0. The summed E-state index contributed by atoms with van der Waals surface area (Å²) >= 11 is 5.56. The van der Waals surface area contributed by atoms with Gasteiger partial charge in [0.05, 0.1) is 5.88 Å². The van der Waals surface area contributed by atoms with Gasteiger partial charge in [-0.15, -0.1) is 11.6 Å². The summed E-state index contributed by atoms with van der Waals surface area (Å²) in [5.74, 6) is 0.688. The molecule has 0 N–H and O–H groups in total. The van der Waals surface area contributed by atoms with Gasteiger partial charge >= 0.3 is 0 Å². The van der Waals surface area contributed by atoms with E-state index in [1.54, 1.807) is 6.08 Å². The van der Waals surface area contributed by atoms with Crippen molar-refractivity contribution in [2.45, 2.75) is 0 Å². The lowest BCUT2D eigenvalue weighted by Gasteiger charge is -2.14. The van der Waals surface area contributed by atoms with Crippen molar-refractivity contribution in [1.82, 2.24) is 0 Å². The highest BCUT2D eigenvalue weighted by Crippen LogP contribution is 2.39. The number of rotatable bonds is 3. The first kappa shape index (κ1) is 11.3. The predicted octanol–water partition coefficient (Wildman–Crippen LogP) is 3.19. The second kappa shape index (κ2) is 4.46. The van der Waals surface area contributed by atoms with E-state index in [0.29, 0.717) is 23.8 Å². The second-order valence-corrected chi connectivity index (χ2v) is 4.50. The number of Topliss-reactive ketones (excluding diaryl/α,β-unsaturated/α-hetero) is 1. The zero-order valence-electron chi connectivity index (χ0n) is 9.65. The SMILES string of the molecule is O=C1C(OCCCl)=CC=C2C1=Cc1ccccc12. The van der Waals surface area contributed by atoms with Crippen molar-refractivity contribution in [3.63, 3.8) is 0 Å². The first-order chi connectivity index (χ1) is 8.81. The third-order valence-electron chi connectivity index (χ3n) is 3.05. The Kier molecular flexibility index (Phi) is 2.80. The fourth-order valence-electron chi connectivity index (χ4n) is 2.24. The third-order valence-corrected chi connectivity index (χ3v) is 3.20. The van der Waals surface area contributed by atoms with E-state index in [-0.39, 0.29) is 5.78 Å². The van der Waals surface area contributed by atoms with Gasteiger partial charge in [-0.05, 0) is 34.9 Å². The van der Waals surface area contributed by atoms with E-state index in [9.17, 15) is 4.79 Å². The molecule has 2 aliphatic rings. The number of carbonyl (C=O) groups is 1. The summed E-state index contributed by atoms with van der Waals surface area (Å²) in [5.41, 5.74) is 3.88.